The number of hydrogen-bond acceptors (Lipinski definition) is 1. The van der Waals surface area contributed by atoms with Crippen molar-refractivity contribution in [3.8, 4) is 0 Å². The van der Waals surface area contributed by atoms with Crippen LogP contribution < -0.4 is 5.73 Å². The van der Waals surface area contributed by atoms with Gasteiger partial charge < -0.3 is 5.73 Å². The number of hydrogen-bond donors (Lipinski definition) is 1. The molecular weight excluding hydrogens is 210 g/mol. The van der Waals surface area contributed by atoms with Crippen LogP contribution in [0.2, 0.25) is 0 Å². The zero-order chi connectivity index (χ0) is 4.50. The Bertz CT molecular complexity index is 24.3. The van der Waals surface area contributed by atoms with Gasteiger partial charge in [-0.1, -0.05) is 15.9 Å². The van der Waals surface area contributed by atoms with Crippen molar-refractivity contribution in [1.29, 1.82) is 0 Å². The van der Waals surface area contributed by atoms with Crippen molar-refractivity contribution in [2.24, 2.45) is 5.73 Å². The van der Waals surface area contributed by atoms with Crippen molar-refractivity contribution in [2.45, 2.75) is 18.3 Å². The Morgan fingerprint density at radius 1 is 1.50 bits per heavy atom. The van der Waals surface area contributed by atoms with E-state index in [1.807, 2.05) is 13.8 Å². The van der Waals surface area contributed by atoms with Crippen molar-refractivity contribution in [3.63, 3.8) is 0 Å². The van der Waals surface area contributed by atoms with E-state index in [2.05, 4.69) is 15.9 Å². The van der Waals surface area contributed by atoms with Crippen LogP contribution in [0.15, 0.2) is 0 Å². The molecule has 0 unspecified atom stereocenters. The van der Waals surface area contributed by atoms with Crippen molar-refractivity contribution < 1.29 is 0 Å². The molecule has 0 amide bonds. The SMILES string of the molecule is Br.CC(C)(N)Br. The fourth-order valence-corrected chi connectivity index (χ4v) is 0. The molecule has 0 aliphatic rings. The van der Waals surface area contributed by atoms with Gasteiger partial charge >= 0.3 is 0 Å². The fourth-order valence-electron chi connectivity index (χ4n) is 0. The first-order chi connectivity index (χ1) is 2.00. The largest absolute Gasteiger partial charge is 0.317 e. The average Bonchev–Trinajstić information content (AvgIpc) is 0.722. The third kappa shape index (κ3) is 89.3. The van der Waals surface area contributed by atoms with Gasteiger partial charge in [-0.2, -0.15) is 0 Å². The van der Waals surface area contributed by atoms with Gasteiger partial charge in [0.15, 0.2) is 0 Å². The minimum absolute atomic E-state index is 0. The van der Waals surface area contributed by atoms with E-state index in [1.165, 1.54) is 0 Å². The van der Waals surface area contributed by atoms with Crippen LogP contribution in [0.1, 0.15) is 13.8 Å². The highest BCUT2D eigenvalue weighted by Gasteiger charge is 1.98. The number of alkyl halides is 1. The normalized spacial score (nSPS) is 10.0. The highest BCUT2D eigenvalue weighted by atomic mass is 79.9. The predicted octanol–water partition coefficient (Wildman–Crippen LogP) is 1.65. The summed E-state index contributed by atoms with van der Waals surface area (Å²) in [4.78, 5) is 0. The minimum Gasteiger partial charge on any atom is -0.317 e. The first-order valence-electron chi connectivity index (χ1n) is 1.48. The van der Waals surface area contributed by atoms with Gasteiger partial charge in [-0.25, -0.2) is 0 Å². The summed E-state index contributed by atoms with van der Waals surface area (Å²) in [5.74, 6) is 0. The second kappa shape index (κ2) is 2.99. The van der Waals surface area contributed by atoms with E-state index >= 15 is 0 Å². The van der Waals surface area contributed by atoms with Gasteiger partial charge in [0.1, 0.15) is 0 Å². The molecule has 0 aliphatic carbocycles. The molecule has 0 spiro atoms. The van der Waals surface area contributed by atoms with Gasteiger partial charge in [0, 0.05) is 0 Å². The Balaban J connectivity index is 0. The smallest absolute Gasteiger partial charge is 0.0660 e. The van der Waals surface area contributed by atoms with Crippen LogP contribution in [0.25, 0.3) is 0 Å². The quantitative estimate of drug-likeness (QED) is 0.486. The van der Waals surface area contributed by atoms with Gasteiger partial charge in [-0.3, -0.25) is 0 Å². The molecule has 0 saturated carbocycles. The molecule has 2 N–H and O–H groups in total. The first kappa shape index (κ1) is 10.0. The summed E-state index contributed by atoms with van der Waals surface area (Å²) in [5, 5.41) is 0. The monoisotopic (exact) mass is 217 g/mol. The molecule has 3 heteroatoms. The topological polar surface area (TPSA) is 26.0 Å². The molecule has 0 aliphatic heterocycles. The third-order valence-corrected chi connectivity index (χ3v) is 0. The summed E-state index contributed by atoms with van der Waals surface area (Å²) in [7, 11) is 0. The number of rotatable bonds is 0. The van der Waals surface area contributed by atoms with Crippen LogP contribution >= 0.6 is 32.9 Å². The Morgan fingerprint density at radius 2 is 1.50 bits per heavy atom. The summed E-state index contributed by atoms with van der Waals surface area (Å²) >= 11 is 3.15. The predicted molar refractivity (Wildman–Crippen MR) is 37.5 cm³/mol. The van der Waals surface area contributed by atoms with Crippen LogP contribution in [0, 0.1) is 0 Å². The Kier molecular flexibility index (Phi) is 5.00. The highest BCUT2D eigenvalue weighted by molar-refractivity contribution is 9.10. The molecule has 6 heavy (non-hydrogen) atoms. The summed E-state index contributed by atoms with van der Waals surface area (Å²) < 4.78 is -0.188. The maximum absolute atomic E-state index is 5.27. The van der Waals surface area contributed by atoms with Crippen molar-refractivity contribution >= 4 is 32.9 Å². The number of nitrogens with two attached hydrogens (primary N) is 1. The molecule has 40 valence electrons. The van der Waals surface area contributed by atoms with Crippen molar-refractivity contribution in [2.75, 3.05) is 0 Å². The minimum atomic E-state index is -0.188. The molecule has 0 aromatic rings. The lowest BCUT2D eigenvalue weighted by atomic mass is 10.4. The number of halogens is 2. The van der Waals surface area contributed by atoms with Gasteiger partial charge in [0.25, 0.3) is 0 Å². The Morgan fingerprint density at radius 3 is 1.50 bits per heavy atom. The van der Waals surface area contributed by atoms with Crippen LogP contribution in [0.4, 0.5) is 0 Å². The maximum atomic E-state index is 5.27. The molecule has 0 fully saturated rings. The second-order valence-electron chi connectivity index (χ2n) is 1.56. The molecule has 0 rings (SSSR count). The molecule has 1 nitrogen and oxygen atoms in total. The average molecular weight is 219 g/mol. The second-order valence-corrected chi connectivity index (χ2v) is 3.61. The first-order valence-corrected chi connectivity index (χ1v) is 2.27. The van der Waals surface area contributed by atoms with E-state index in [-0.39, 0.29) is 21.4 Å². The zero-order valence-corrected chi connectivity index (χ0v) is 7.16. The van der Waals surface area contributed by atoms with E-state index in [9.17, 15) is 0 Å². The molecule has 0 bridgehead atoms. The van der Waals surface area contributed by atoms with Crippen molar-refractivity contribution in [3.05, 3.63) is 0 Å². The molecule has 0 heterocycles. The summed E-state index contributed by atoms with van der Waals surface area (Å²) in [6, 6.07) is 0. The van der Waals surface area contributed by atoms with E-state index < -0.39 is 0 Å². The summed E-state index contributed by atoms with van der Waals surface area (Å²) in [6.07, 6.45) is 0. The van der Waals surface area contributed by atoms with Gasteiger partial charge in [-0.05, 0) is 13.8 Å². The lowest BCUT2D eigenvalue weighted by molar-refractivity contribution is 0.778. The highest BCUT2D eigenvalue weighted by Crippen LogP contribution is 2.03. The molecule has 0 atom stereocenters. The van der Waals surface area contributed by atoms with E-state index in [4.69, 9.17) is 5.73 Å². The van der Waals surface area contributed by atoms with Crippen molar-refractivity contribution in [1.82, 2.24) is 0 Å². The van der Waals surface area contributed by atoms with Crippen LogP contribution in [-0.2, 0) is 0 Å². The maximum Gasteiger partial charge on any atom is 0.0660 e. The van der Waals surface area contributed by atoms with E-state index in [0.717, 1.165) is 0 Å². The Labute approximate surface area is 57.2 Å². The van der Waals surface area contributed by atoms with Gasteiger partial charge in [0.2, 0.25) is 0 Å². The summed E-state index contributed by atoms with van der Waals surface area (Å²) in [6.45, 7) is 3.76. The molecular formula is C3H9Br2N. The Hall–Kier alpha value is 0.920. The van der Waals surface area contributed by atoms with Crippen LogP contribution in [-0.4, -0.2) is 4.45 Å². The lowest BCUT2D eigenvalue weighted by Crippen LogP contribution is -2.21. The molecule has 0 radical (unpaired) electrons. The zero-order valence-electron chi connectivity index (χ0n) is 3.86. The molecule has 0 aromatic carbocycles. The third-order valence-electron chi connectivity index (χ3n) is 0. The lowest BCUT2D eigenvalue weighted by Gasteiger charge is -2.03. The fraction of sp³-hybridized carbons (Fsp3) is 1.00. The molecule has 0 saturated heterocycles. The summed E-state index contributed by atoms with van der Waals surface area (Å²) in [5.41, 5.74) is 5.27. The molecule has 0 aromatic heterocycles. The van der Waals surface area contributed by atoms with Gasteiger partial charge in [0.05, 0.1) is 4.45 Å². The van der Waals surface area contributed by atoms with E-state index in [0.29, 0.717) is 0 Å². The van der Waals surface area contributed by atoms with Crippen LogP contribution in [0.3, 0.4) is 0 Å². The standard InChI is InChI=1S/C3H8BrN.BrH/c1-3(2,4)5;/h5H2,1-2H3;1H. The van der Waals surface area contributed by atoms with Gasteiger partial charge in [-0.15, -0.1) is 17.0 Å². The van der Waals surface area contributed by atoms with E-state index in [1.54, 1.807) is 0 Å². The van der Waals surface area contributed by atoms with Crippen LogP contribution in [0.5, 0.6) is 0 Å².